The van der Waals surface area contributed by atoms with Crippen LogP contribution in [-0.2, 0) is 11.4 Å². The molecule has 2 aromatic rings. The van der Waals surface area contributed by atoms with Crippen molar-refractivity contribution in [2.24, 2.45) is 5.16 Å². The Morgan fingerprint density at radius 3 is 2.60 bits per heavy atom. The lowest BCUT2D eigenvalue weighted by Crippen LogP contribution is -2.26. The molecule has 0 spiro atoms. The summed E-state index contributed by atoms with van der Waals surface area (Å²) in [5.41, 5.74) is 2.87. The molecule has 0 unspecified atom stereocenters. The molecule has 0 fully saturated rings. The van der Waals surface area contributed by atoms with E-state index in [-0.39, 0.29) is 11.9 Å². The first kappa shape index (κ1) is 17.2. The minimum absolute atomic E-state index is 0.0245. The zero-order valence-electron chi connectivity index (χ0n) is 14.3. The maximum atomic E-state index is 12.9. The van der Waals surface area contributed by atoms with Crippen LogP contribution in [0.1, 0.15) is 17.5 Å². The Kier molecular flexibility index (Phi) is 5.50. The van der Waals surface area contributed by atoms with Gasteiger partial charge in [0.1, 0.15) is 11.9 Å². The lowest BCUT2D eigenvalue weighted by Gasteiger charge is -2.10. The van der Waals surface area contributed by atoms with E-state index in [4.69, 9.17) is 14.3 Å². The first-order chi connectivity index (χ1) is 12.2. The molecule has 6 heteroatoms. The van der Waals surface area contributed by atoms with Crippen LogP contribution in [0.15, 0.2) is 47.6 Å². The van der Waals surface area contributed by atoms with Gasteiger partial charge in [0.15, 0.2) is 11.5 Å². The van der Waals surface area contributed by atoms with Crippen LogP contribution in [0.3, 0.4) is 0 Å². The predicted octanol–water partition coefficient (Wildman–Crippen LogP) is 3.13. The third-order valence-corrected chi connectivity index (χ3v) is 4.06. The van der Waals surface area contributed by atoms with Gasteiger partial charge in [-0.25, -0.2) is 4.39 Å². The van der Waals surface area contributed by atoms with Crippen molar-refractivity contribution in [1.82, 2.24) is 5.32 Å². The molecule has 1 atom stereocenters. The molecule has 1 N–H and O–H groups in total. The predicted molar refractivity (Wildman–Crippen MR) is 93.7 cm³/mol. The number of hydrogen-bond donors (Lipinski definition) is 1. The number of nitrogens with one attached hydrogen (secondary N) is 1. The molecule has 1 aliphatic heterocycles. The molecule has 5 nitrogen and oxygen atoms in total. The Morgan fingerprint density at radius 1 is 1.12 bits per heavy atom. The smallest absolute Gasteiger partial charge is 0.161 e. The van der Waals surface area contributed by atoms with E-state index in [1.54, 1.807) is 26.4 Å². The van der Waals surface area contributed by atoms with Crippen LogP contribution in [0.2, 0.25) is 0 Å². The van der Waals surface area contributed by atoms with E-state index in [1.165, 1.54) is 12.1 Å². The third-order valence-electron chi connectivity index (χ3n) is 4.06. The fourth-order valence-electron chi connectivity index (χ4n) is 2.70. The molecule has 0 aliphatic carbocycles. The van der Waals surface area contributed by atoms with Gasteiger partial charge in [0.2, 0.25) is 0 Å². The number of rotatable bonds is 7. The van der Waals surface area contributed by atoms with Crippen molar-refractivity contribution in [3.63, 3.8) is 0 Å². The summed E-state index contributed by atoms with van der Waals surface area (Å²) < 4.78 is 23.5. The Balaban J connectivity index is 1.52. The summed E-state index contributed by atoms with van der Waals surface area (Å²) in [6, 6.07) is 12.2. The second kappa shape index (κ2) is 7.98. The third kappa shape index (κ3) is 4.28. The first-order valence-corrected chi connectivity index (χ1v) is 8.10. The molecule has 3 rings (SSSR count). The van der Waals surface area contributed by atoms with Crippen LogP contribution in [0.4, 0.5) is 4.39 Å². The Hall–Kier alpha value is -2.60. The van der Waals surface area contributed by atoms with Gasteiger partial charge < -0.3 is 19.6 Å². The zero-order chi connectivity index (χ0) is 17.6. The average molecular weight is 344 g/mol. The number of benzene rings is 2. The molecule has 0 saturated carbocycles. The van der Waals surface area contributed by atoms with Gasteiger partial charge in [0, 0.05) is 25.1 Å². The molecule has 25 heavy (non-hydrogen) atoms. The van der Waals surface area contributed by atoms with Crippen molar-refractivity contribution in [1.29, 1.82) is 0 Å². The van der Waals surface area contributed by atoms with Crippen molar-refractivity contribution in [3.8, 4) is 11.5 Å². The molecular weight excluding hydrogens is 323 g/mol. The second-order valence-electron chi connectivity index (χ2n) is 5.80. The molecule has 2 aromatic carbocycles. The SMILES string of the molecule is COc1ccc(C2=NO[C@H](CNCc3ccc(F)cc3)C2)cc1OC. The van der Waals surface area contributed by atoms with E-state index in [0.29, 0.717) is 31.0 Å². The van der Waals surface area contributed by atoms with E-state index in [9.17, 15) is 4.39 Å². The summed E-state index contributed by atoms with van der Waals surface area (Å²) in [5.74, 6) is 1.12. The number of nitrogens with zero attached hydrogens (tertiary/aromatic N) is 1. The number of methoxy groups -OCH3 is 2. The summed E-state index contributed by atoms with van der Waals surface area (Å²) in [5, 5.41) is 7.50. The lowest BCUT2D eigenvalue weighted by molar-refractivity contribution is 0.0848. The molecule has 1 aliphatic rings. The maximum Gasteiger partial charge on any atom is 0.161 e. The molecule has 0 bridgehead atoms. The molecular formula is C19H21FN2O3. The van der Waals surface area contributed by atoms with Crippen LogP contribution in [0.5, 0.6) is 11.5 Å². The quantitative estimate of drug-likeness (QED) is 0.838. The van der Waals surface area contributed by atoms with Crippen molar-refractivity contribution >= 4 is 5.71 Å². The van der Waals surface area contributed by atoms with Crippen molar-refractivity contribution in [2.75, 3.05) is 20.8 Å². The summed E-state index contributed by atoms with van der Waals surface area (Å²) in [7, 11) is 3.22. The zero-order valence-corrected chi connectivity index (χ0v) is 14.3. The molecule has 0 radical (unpaired) electrons. The summed E-state index contributed by atoms with van der Waals surface area (Å²) in [6.45, 7) is 1.32. The van der Waals surface area contributed by atoms with Gasteiger partial charge in [0.05, 0.1) is 19.9 Å². The highest BCUT2D eigenvalue weighted by molar-refractivity contribution is 6.01. The average Bonchev–Trinajstić information content (AvgIpc) is 3.11. The minimum atomic E-state index is -0.226. The van der Waals surface area contributed by atoms with Crippen LogP contribution in [0.25, 0.3) is 0 Å². The lowest BCUT2D eigenvalue weighted by atomic mass is 10.0. The van der Waals surface area contributed by atoms with Crippen LogP contribution in [-0.4, -0.2) is 32.6 Å². The normalized spacial score (nSPS) is 16.3. The topological polar surface area (TPSA) is 52.1 Å². The monoisotopic (exact) mass is 344 g/mol. The fraction of sp³-hybridized carbons (Fsp3) is 0.316. The van der Waals surface area contributed by atoms with Crippen molar-refractivity contribution < 1.29 is 18.7 Å². The number of halogens is 1. The Morgan fingerprint density at radius 2 is 1.88 bits per heavy atom. The number of oxime groups is 1. The Bertz CT molecular complexity index is 747. The van der Waals surface area contributed by atoms with Crippen LogP contribution in [0, 0.1) is 5.82 Å². The molecule has 0 aromatic heterocycles. The fourth-order valence-corrected chi connectivity index (χ4v) is 2.70. The highest BCUT2D eigenvalue weighted by Gasteiger charge is 2.22. The van der Waals surface area contributed by atoms with Gasteiger partial charge in [-0.15, -0.1) is 0 Å². The molecule has 0 amide bonds. The summed E-state index contributed by atoms with van der Waals surface area (Å²) >= 11 is 0. The van der Waals surface area contributed by atoms with Crippen molar-refractivity contribution in [2.45, 2.75) is 19.1 Å². The van der Waals surface area contributed by atoms with Crippen molar-refractivity contribution in [3.05, 3.63) is 59.4 Å². The van der Waals surface area contributed by atoms with E-state index in [0.717, 1.165) is 16.8 Å². The number of ether oxygens (including phenoxy) is 2. The Labute approximate surface area is 146 Å². The largest absolute Gasteiger partial charge is 0.493 e. The van der Waals surface area contributed by atoms with Crippen LogP contribution < -0.4 is 14.8 Å². The van der Waals surface area contributed by atoms with Gasteiger partial charge >= 0.3 is 0 Å². The van der Waals surface area contributed by atoms with Gasteiger partial charge in [0.25, 0.3) is 0 Å². The van der Waals surface area contributed by atoms with E-state index in [1.807, 2.05) is 18.2 Å². The molecule has 0 saturated heterocycles. The van der Waals surface area contributed by atoms with E-state index in [2.05, 4.69) is 10.5 Å². The first-order valence-electron chi connectivity index (χ1n) is 8.10. The highest BCUT2D eigenvalue weighted by Crippen LogP contribution is 2.29. The number of hydrogen-bond acceptors (Lipinski definition) is 5. The highest BCUT2D eigenvalue weighted by atomic mass is 19.1. The summed E-state index contributed by atoms with van der Waals surface area (Å²) in [4.78, 5) is 5.50. The second-order valence-corrected chi connectivity index (χ2v) is 5.80. The van der Waals surface area contributed by atoms with Crippen LogP contribution >= 0.6 is 0 Å². The minimum Gasteiger partial charge on any atom is -0.493 e. The molecule has 1 heterocycles. The standard InChI is InChI=1S/C19H21FN2O3/c1-23-18-8-5-14(9-19(18)24-2)17-10-16(25-22-17)12-21-11-13-3-6-15(20)7-4-13/h3-9,16,21H,10-12H2,1-2H3/t16-/m0/s1. The maximum absolute atomic E-state index is 12.9. The van der Waals surface area contributed by atoms with E-state index < -0.39 is 0 Å². The van der Waals surface area contributed by atoms with Gasteiger partial charge in [-0.05, 0) is 35.9 Å². The van der Waals surface area contributed by atoms with Gasteiger partial charge in [-0.3, -0.25) is 0 Å². The van der Waals surface area contributed by atoms with Gasteiger partial charge in [-0.2, -0.15) is 0 Å². The van der Waals surface area contributed by atoms with E-state index >= 15 is 0 Å². The molecule has 132 valence electrons. The summed E-state index contributed by atoms with van der Waals surface area (Å²) in [6.07, 6.45) is 0.690. The van der Waals surface area contributed by atoms with Gasteiger partial charge in [-0.1, -0.05) is 17.3 Å².